The van der Waals surface area contributed by atoms with Crippen LogP contribution in [0.25, 0.3) is 6.08 Å². The van der Waals surface area contributed by atoms with Crippen molar-refractivity contribution < 1.29 is 4.79 Å². The van der Waals surface area contributed by atoms with Gasteiger partial charge in [-0.15, -0.1) is 0 Å². The Hall–Kier alpha value is -1.69. The third kappa shape index (κ3) is 3.86. The Labute approximate surface area is 159 Å². The number of halogens is 1. The molecule has 1 saturated heterocycles. The van der Waals surface area contributed by atoms with Crippen molar-refractivity contribution in [1.82, 2.24) is 0 Å². The fourth-order valence-electron chi connectivity index (χ4n) is 2.37. The molecule has 0 bridgehead atoms. The first-order chi connectivity index (χ1) is 11.5. The molecule has 0 aromatic heterocycles. The number of thiocarbonyl (C=S) groups is 1. The lowest BCUT2D eigenvalue weighted by molar-refractivity contribution is -0.113. The lowest BCUT2D eigenvalue weighted by Gasteiger charge is -2.14. The molecule has 0 spiro atoms. The van der Waals surface area contributed by atoms with Crippen molar-refractivity contribution >= 4 is 61.9 Å². The van der Waals surface area contributed by atoms with Crippen LogP contribution in [0.1, 0.15) is 12.5 Å². The number of thioether (sulfide) groups is 1. The van der Waals surface area contributed by atoms with Gasteiger partial charge < -0.3 is 0 Å². The van der Waals surface area contributed by atoms with Crippen molar-refractivity contribution in [2.45, 2.75) is 6.92 Å². The summed E-state index contributed by atoms with van der Waals surface area (Å²) in [6, 6.07) is 17.6. The zero-order chi connectivity index (χ0) is 17.1. The summed E-state index contributed by atoms with van der Waals surface area (Å²) in [5.74, 6) is -0.0797. The van der Waals surface area contributed by atoms with E-state index in [1.807, 2.05) is 73.7 Å². The number of carbonyl (C=O) groups excluding carboxylic acids is 1. The number of hydrogen-bond acceptors (Lipinski definition) is 3. The van der Waals surface area contributed by atoms with Crippen LogP contribution >= 0.6 is 39.9 Å². The summed E-state index contributed by atoms with van der Waals surface area (Å²) in [6.45, 7) is 1.98. The second-order valence-electron chi connectivity index (χ2n) is 5.30. The fourth-order valence-corrected chi connectivity index (χ4v) is 4.10. The topological polar surface area (TPSA) is 20.3 Å². The summed E-state index contributed by atoms with van der Waals surface area (Å²) in [6.07, 6.45) is 3.94. The Morgan fingerprint density at radius 1 is 1.17 bits per heavy atom. The highest BCUT2D eigenvalue weighted by Crippen LogP contribution is 2.36. The number of amides is 1. The van der Waals surface area contributed by atoms with E-state index in [-0.39, 0.29) is 5.91 Å². The van der Waals surface area contributed by atoms with Crippen molar-refractivity contribution in [1.29, 1.82) is 0 Å². The molecule has 1 aliphatic heterocycles. The Balaban J connectivity index is 1.87. The highest BCUT2D eigenvalue weighted by Gasteiger charge is 2.33. The Bertz CT molecular complexity index is 859. The Morgan fingerprint density at radius 2 is 1.92 bits per heavy atom. The third-order valence-corrected chi connectivity index (χ3v) is 5.21. The van der Waals surface area contributed by atoms with E-state index in [1.165, 1.54) is 11.8 Å². The van der Waals surface area contributed by atoms with Crippen LogP contribution in [0.2, 0.25) is 0 Å². The van der Waals surface area contributed by atoms with Crippen LogP contribution in [-0.4, -0.2) is 10.2 Å². The summed E-state index contributed by atoms with van der Waals surface area (Å²) in [5, 5.41) is 0. The molecule has 3 rings (SSSR count). The molecule has 1 amide bonds. The van der Waals surface area contributed by atoms with E-state index in [0.29, 0.717) is 9.23 Å². The largest absolute Gasteiger partial charge is 0.270 e. The van der Waals surface area contributed by atoms with Gasteiger partial charge >= 0.3 is 0 Å². The molecule has 120 valence electrons. The molecule has 1 fully saturated rings. The molecule has 2 aromatic rings. The highest BCUT2D eigenvalue weighted by atomic mass is 79.9. The predicted octanol–water partition coefficient (Wildman–Crippen LogP) is 5.80. The van der Waals surface area contributed by atoms with Gasteiger partial charge in [0.25, 0.3) is 5.91 Å². The van der Waals surface area contributed by atoms with Crippen molar-refractivity contribution in [3.8, 4) is 0 Å². The van der Waals surface area contributed by atoms with Crippen LogP contribution in [0.3, 0.4) is 0 Å². The first-order valence-corrected chi connectivity index (χ1v) is 9.33. The summed E-state index contributed by atoms with van der Waals surface area (Å²) < 4.78 is 1.47. The van der Waals surface area contributed by atoms with Crippen molar-refractivity contribution in [2.75, 3.05) is 4.90 Å². The minimum atomic E-state index is -0.0797. The first-order valence-electron chi connectivity index (χ1n) is 7.31. The molecule has 0 aliphatic carbocycles. The average molecular weight is 416 g/mol. The van der Waals surface area contributed by atoms with E-state index >= 15 is 0 Å². The van der Waals surface area contributed by atoms with Gasteiger partial charge in [-0.1, -0.05) is 82.4 Å². The van der Waals surface area contributed by atoms with E-state index in [9.17, 15) is 4.79 Å². The molecule has 0 unspecified atom stereocenters. The van der Waals surface area contributed by atoms with Crippen LogP contribution in [-0.2, 0) is 4.79 Å². The molecule has 0 N–H and O–H groups in total. The highest BCUT2D eigenvalue weighted by molar-refractivity contribution is 9.10. The molecule has 2 aromatic carbocycles. The van der Waals surface area contributed by atoms with Gasteiger partial charge in [0.1, 0.15) is 0 Å². The van der Waals surface area contributed by atoms with Gasteiger partial charge in [0.2, 0.25) is 0 Å². The maximum atomic E-state index is 12.7. The molecule has 2 nitrogen and oxygen atoms in total. The summed E-state index contributed by atoms with van der Waals surface area (Å²) >= 11 is 10.2. The van der Waals surface area contributed by atoms with Gasteiger partial charge in [0, 0.05) is 4.47 Å². The maximum Gasteiger partial charge on any atom is 0.270 e. The zero-order valence-corrected chi connectivity index (χ0v) is 16.1. The van der Waals surface area contributed by atoms with Crippen LogP contribution in [0, 0.1) is 0 Å². The number of carbonyl (C=O) groups is 1. The van der Waals surface area contributed by atoms with Crippen molar-refractivity contribution in [2.24, 2.45) is 0 Å². The van der Waals surface area contributed by atoms with Gasteiger partial charge in [0.15, 0.2) is 4.32 Å². The second-order valence-corrected chi connectivity index (χ2v) is 7.89. The van der Waals surface area contributed by atoms with Crippen LogP contribution in [0.15, 0.2) is 75.6 Å². The summed E-state index contributed by atoms with van der Waals surface area (Å²) in [7, 11) is 0. The predicted molar refractivity (Wildman–Crippen MR) is 110 cm³/mol. The molecule has 5 heteroatoms. The molecular weight excluding hydrogens is 402 g/mol. The number of allylic oxidation sites excluding steroid dienone is 2. The van der Waals surface area contributed by atoms with E-state index in [1.54, 1.807) is 4.90 Å². The number of hydrogen-bond donors (Lipinski definition) is 0. The van der Waals surface area contributed by atoms with Gasteiger partial charge in [-0.2, -0.15) is 0 Å². The molecule has 1 aliphatic rings. The number of rotatable bonds is 3. The third-order valence-electron chi connectivity index (χ3n) is 3.41. The Kier molecular flexibility index (Phi) is 5.33. The SMILES string of the molecule is CC(=Cc1ccccc1)C=C1SC(=S)N(c2cccc(Br)c2)C1=O. The van der Waals surface area contributed by atoms with Gasteiger partial charge in [-0.3, -0.25) is 9.69 Å². The fraction of sp³-hybridized carbons (Fsp3) is 0.0526. The van der Waals surface area contributed by atoms with E-state index in [2.05, 4.69) is 15.9 Å². The summed E-state index contributed by atoms with van der Waals surface area (Å²) in [4.78, 5) is 14.9. The quantitative estimate of drug-likeness (QED) is 0.466. The van der Waals surface area contributed by atoms with Crippen molar-refractivity contribution in [3.05, 3.63) is 81.2 Å². The van der Waals surface area contributed by atoms with E-state index in [0.717, 1.165) is 21.3 Å². The standard InChI is InChI=1S/C19H14BrNOS2/c1-13(10-14-6-3-2-4-7-14)11-17-18(22)21(19(23)24-17)16-9-5-8-15(20)12-16/h2-12H,1H3. The van der Waals surface area contributed by atoms with Gasteiger partial charge in [0.05, 0.1) is 10.6 Å². The second kappa shape index (κ2) is 7.47. The van der Waals surface area contributed by atoms with Crippen LogP contribution < -0.4 is 4.90 Å². The van der Waals surface area contributed by atoms with Gasteiger partial charge in [-0.05, 0) is 42.3 Å². The summed E-state index contributed by atoms with van der Waals surface area (Å²) in [5.41, 5.74) is 2.89. The molecule has 24 heavy (non-hydrogen) atoms. The van der Waals surface area contributed by atoms with Crippen LogP contribution in [0.4, 0.5) is 5.69 Å². The molecule has 0 saturated carbocycles. The van der Waals surface area contributed by atoms with Crippen molar-refractivity contribution in [3.63, 3.8) is 0 Å². The lowest BCUT2D eigenvalue weighted by Crippen LogP contribution is -2.27. The minimum absolute atomic E-state index is 0.0797. The zero-order valence-electron chi connectivity index (χ0n) is 12.9. The number of anilines is 1. The molecule has 0 radical (unpaired) electrons. The smallest absolute Gasteiger partial charge is 0.268 e. The first kappa shape index (κ1) is 17.1. The van der Waals surface area contributed by atoms with E-state index < -0.39 is 0 Å². The van der Waals surface area contributed by atoms with Crippen LogP contribution in [0.5, 0.6) is 0 Å². The Morgan fingerprint density at radius 3 is 2.62 bits per heavy atom. The number of nitrogens with zero attached hydrogens (tertiary/aromatic N) is 1. The monoisotopic (exact) mass is 415 g/mol. The lowest BCUT2D eigenvalue weighted by atomic mass is 10.1. The minimum Gasteiger partial charge on any atom is -0.268 e. The van der Waals surface area contributed by atoms with Gasteiger partial charge in [-0.25, -0.2) is 0 Å². The average Bonchev–Trinajstić information content (AvgIpc) is 2.82. The molecule has 0 atom stereocenters. The molecular formula is C19H14BrNOS2. The number of benzene rings is 2. The normalized spacial score (nSPS) is 17.0. The van der Waals surface area contributed by atoms with E-state index in [4.69, 9.17) is 12.2 Å². The molecule has 1 heterocycles. The maximum absolute atomic E-state index is 12.7.